The molecule has 0 aromatic heterocycles. The Kier molecular flexibility index (Phi) is 6.91. The fourth-order valence-corrected chi connectivity index (χ4v) is 6.46. The molecule has 0 bridgehead atoms. The van der Waals surface area contributed by atoms with Crippen LogP contribution in [0.5, 0.6) is 0 Å². The van der Waals surface area contributed by atoms with Gasteiger partial charge in [-0.1, -0.05) is 13.8 Å². The molecule has 0 saturated carbocycles. The molecule has 0 spiro atoms. The average molecular weight is 462 g/mol. The Labute approximate surface area is 191 Å². The Bertz CT molecular complexity index is 961. The fraction of sp³-hybridized carbons (Fsp3) is 0.667. The molecule has 0 aliphatic carbocycles. The predicted molar refractivity (Wildman–Crippen MR) is 124 cm³/mol. The minimum absolute atomic E-state index is 0.0574. The lowest BCUT2D eigenvalue weighted by atomic mass is 9.99. The number of sulfonamides is 1. The van der Waals surface area contributed by atoms with Crippen LogP contribution in [-0.2, 0) is 26.0 Å². The van der Waals surface area contributed by atoms with Crippen molar-refractivity contribution in [3.05, 3.63) is 23.8 Å². The SMILES string of the molecule is CC1CCN(C(=O)CCC(=O)N2CCc3cc(S(=O)(=O)N4CCC(C)CC4)ccc32)CC1. The van der Waals surface area contributed by atoms with Gasteiger partial charge in [0, 0.05) is 51.3 Å². The van der Waals surface area contributed by atoms with E-state index in [1.54, 1.807) is 27.4 Å². The van der Waals surface area contributed by atoms with Gasteiger partial charge in [-0.2, -0.15) is 4.31 Å². The molecular weight excluding hydrogens is 426 g/mol. The Morgan fingerprint density at radius 2 is 1.47 bits per heavy atom. The highest BCUT2D eigenvalue weighted by molar-refractivity contribution is 7.89. The summed E-state index contributed by atoms with van der Waals surface area (Å²) >= 11 is 0. The predicted octanol–water partition coefficient (Wildman–Crippen LogP) is 3.04. The van der Waals surface area contributed by atoms with E-state index >= 15 is 0 Å². The lowest BCUT2D eigenvalue weighted by Gasteiger charge is -2.30. The summed E-state index contributed by atoms with van der Waals surface area (Å²) in [6.45, 7) is 7.60. The molecule has 4 rings (SSSR count). The van der Waals surface area contributed by atoms with Crippen LogP contribution in [0.2, 0.25) is 0 Å². The van der Waals surface area contributed by atoms with Crippen molar-refractivity contribution in [2.45, 2.75) is 63.7 Å². The molecule has 1 aromatic rings. The first-order valence-electron chi connectivity index (χ1n) is 12.0. The zero-order valence-corrected chi connectivity index (χ0v) is 20.1. The number of piperidine rings is 2. The molecule has 8 heteroatoms. The van der Waals surface area contributed by atoms with Crippen LogP contribution in [-0.4, -0.2) is 62.2 Å². The number of nitrogens with zero attached hydrogens (tertiary/aromatic N) is 3. The van der Waals surface area contributed by atoms with Gasteiger partial charge < -0.3 is 9.80 Å². The topological polar surface area (TPSA) is 78.0 Å². The normalized spacial score (nSPS) is 21.1. The van der Waals surface area contributed by atoms with Gasteiger partial charge in [0.15, 0.2) is 0 Å². The molecule has 32 heavy (non-hydrogen) atoms. The van der Waals surface area contributed by atoms with Crippen LogP contribution in [0.1, 0.15) is 57.9 Å². The molecule has 7 nitrogen and oxygen atoms in total. The lowest BCUT2D eigenvalue weighted by Crippen LogP contribution is -2.38. The highest BCUT2D eigenvalue weighted by Gasteiger charge is 2.31. The third kappa shape index (κ3) is 4.86. The summed E-state index contributed by atoms with van der Waals surface area (Å²) in [5.74, 6) is 1.21. The number of benzene rings is 1. The van der Waals surface area contributed by atoms with Gasteiger partial charge in [-0.05, 0) is 67.7 Å². The van der Waals surface area contributed by atoms with E-state index in [0.717, 1.165) is 50.0 Å². The molecule has 3 aliphatic rings. The van der Waals surface area contributed by atoms with Crippen molar-refractivity contribution in [3.63, 3.8) is 0 Å². The van der Waals surface area contributed by atoms with Crippen molar-refractivity contribution in [2.24, 2.45) is 11.8 Å². The molecule has 176 valence electrons. The van der Waals surface area contributed by atoms with E-state index in [1.165, 1.54) is 0 Å². The minimum Gasteiger partial charge on any atom is -0.343 e. The van der Waals surface area contributed by atoms with Crippen LogP contribution in [0.4, 0.5) is 5.69 Å². The molecule has 2 fully saturated rings. The van der Waals surface area contributed by atoms with Crippen LogP contribution >= 0.6 is 0 Å². The van der Waals surface area contributed by atoms with Crippen LogP contribution in [0.25, 0.3) is 0 Å². The van der Waals surface area contributed by atoms with E-state index in [1.807, 2.05) is 4.90 Å². The highest BCUT2D eigenvalue weighted by Crippen LogP contribution is 2.32. The Hall–Kier alpha value is -1.93. The zero-order valence-electron chi connectivity index (χ0n) is 19.3. The molecule has 1 aromatic carbocycles. The van der Waals surface area contributed by atoms with Gasteiger partial charge in [-0.3, -0.25) is 9.59 Å². The van der Waals surface area contributed by atoms with E-state index in [4.69, 9.17) is 0 Å². The summed E-state index contributed by atoms with van der Waals surface area (Å²) in [4.78, 5) is 29.2. The number of hydrogen-bond donors (Lipinski definition) is 0. The maximum atomic E-state index is 13.1. The summed E-state index contributed by atoms with van der Waals surface area (Å²) in [7, 11) is -3.50. The average Bonchev–Trinajstić information content (AvgIpc) is 3.21. The molecule has 3 aliphatic heterocycles. The highest BCUT2D eigenvalue weighted by atomic mass is 32.2. The quantitative estimate of drug-likeness (QED) is 0.675. The molecular formula is C24H35N3O4S. The van der Waals surface area contributed by atoms with Crippen molar-refractivity contribution in [1.29, 1.82) is 0 Å². The Morgan fingerprint density at radius 3 is 2.12 bits per heavy atom. The number of rotatable bonds is 5. The van der Waals surface area contributed by atoms with E-state index in [9.17, 15) is 18.0 Å². The number of likely N-dealkylation sites (tertiary alicyclic amines) is 1. The van der Waals surface area contributed by atoms with Crippen molar-refractivity contribution in [1.82, 2.24) is 9.21 Å². The first-order valence-corrected chi connectivity index (χ1v) is 13.4. The van der Waals surface area contributed by atoms with Gasteiger partial charge in [-0.15, -0.1) is 0 Å². The largest absolute Gasteiger partial charge is 0.343 e. The summed E-state index contributed by atoms with van der Waals surface area (Å²) in [6, 6.07) is 5.11. The molecule has 2 amide bonds. The van der Waals surface area contributed by atoms with Gasteiger partial charge in [0.05, 0.1) is 4.90 Å². The Morgan fingerprint density at radius 1 is 0.875 bits per heavy atom. The lowest BCUT2D eigenvalue weighted by molar-refractivity contribution is -0.134. The molecule has 0 radical (unpaired) electrons. The first kappa shape index (κ1) is 23.2. The monoisotopic (exact) mass is 461 g/mol. The van der Waals surface area contributed by atoms with Crippen LogP contribution in [0.15, 0.2) is 23.1 Å². The second-order valence-corrected chi connectivity index (χ2v) is 11.7. The van der Waals surface area contributed by atoms with Gasteiger partial charge in [0.1, 0.15) is 0 Å². The van der Waals surface area contributed by atoms with Gasteiger partial charge >= 0.3 is 0 Å². The second-order valence-electron chi connectivity index (χ2n) is 9.74. The molecule has 0 N–H and O–H groups in total. The summed E-state index contributed by atoms with van der Waals surface area (Å²) < 4.78 is 27.7. The van der Waals surface area contributed by atoms with Crippen molar-refractivity contribution < 1.29 is 18.0 Å². The molecule has 2 saturated heterocycles. The fourth-order valence-electron chi connectivity index (χ4n) is 4.94. The summed E-state index contributed by atoms with van der Waals surface area (Å²) in [6.07, 6.45) is 4.90. The first-order chi connectivity index (χ1) is 15.3. The smallest absolute Gasteiger partial charge is 0.243 e. The van der Waals surface area contributed by atoms with Gasteiger partial charge in [0.2, 0.25) is 21.8 Å². The number of amides is 2. The third-order valence-corrected chi connectivity index (χ3v) is 9.21. The molecule has 0 unspecified atom stereocenters. The van der Waals surface area contributed by atoms with Crippen molar-refractivity contribution in [2.75, 3.05) is 37.6 Å². The number of hydrogen-bond acceptors (Lipinski definition) is 4. The molecule has 0 atom stereocenters. The molecule has 3 heterocycles. The van der Waals surface area contributed by atoms with E-state index in [0.29, 0.717) is 42.8 Å². The summed E-state index contributed by atoms with van der Waals surface area (Å²) in [5.41, 5.74) is 1.67. The maximum Gasteiger partial charge on any atom is 0.243 e. The minimum atomic E-state index is -3.50. The summed E-state index contributed by atoms with van der Waals surface area (Å²) in [5, 5.41) is 0. The number of carbonyl (C=O) groups excluding carboxylic acids is 2. The second kappa shape index (κ2) is 9.51. The zero-order chi connectivity index (χ0) is 22.9. The number of carbonyl (C=O) groups is 2. The van der Waals surface area contributed by atoms with E-state index in [2.05, 4.69) is 13.8 Å². The number of fused-ring (bicyclic) bond motifs is 1. The van der Waals surface area contributed by atoms with Crippen LogP contribution in [0.3, 0.4) is 0 Å². The van der Waals surface area contributed by atoms with Crippen molar-refractivity contribution >= 4 is 27.5 Å². The number of anilines is 1. The maximum absolute atomic E-state index is 13.1. The third-order valence-electron chi connectivity index (χ3n) is 7.32. The van der Waals surface area contributed by atoms with E-state index < -0.39 is 10.0 Å². The Balaban J connectivity index is 1.38. The van der Waals surface area contributed by atoms with Crippen molar-refractivity contribution in [3.8, 4) is 0 Å². The van der Waals surface area contributed by atoms with Gasteiger partial charge in [0.25, 0.3) is 0 Å². The van der Waals surface area contributed by atoms with Gasteiger partial charge in [-0.25, -0.2) is 8.42 Å². The van der Waals surface area contributed by atoms with Crippen LogP contribution < -0.4 is 4.90 Å². The standard InChI is InChI=1S/C24H35N3O4S/c1-18-7-12-25(13-8-18)23(28)5-6-24(29)27-16-11-20-17-21(3-4-22(20)27)32(30,31)26-14-9-19(2)10-15-26/h3-4,17-19H,5-16H2,1-2H3. The van der Waals surface area contributed by atoms with E-state index in [-0.39, 0.29) is 24.7 Å². The van der Waals surface area contributed by atoms with Crippen LogP contribution in [0, 0.1) is 11.8 Å².